The summed E-state index contributed by atoms with van der Waals surface area (Å²) in [6.07, 6.45) is 1.82. The van der Waals surface area contributed by atoms with Gasteiger partial charge in [0.1, 0.15) is 0 Å². The number of aliphatic carboxylic acids is 1. The highest BCUT2D eigenvalue weighted by molar-refractivity contribution is 6.31. The van der Waals surface area contributed by atoms with Crippen LogP contribution in [0.2, 0.25) is 5.02 Å². The Morgan fingerprint density at radius 2 is 1.86 bits per heavy atom. The molecule has 5 heteroatoms. The van der Waals surface area contributed by atoms with E-state index in [-0.39, 0.29) is 5.88 Å². The van der Waals surface area contributed by atoms with E-state index in [1.54, 1.807) is 47.9 Å². The average Bonchev–Trinajstić information content (AvgIpc) is 2.83. The summed E-state index contributed by atoms with van der Waals surface area (Å²) in [5, 5.41) is 21.5. The van der Waals surface area contributed by atoms with Crippen molar-refractivity contribution < 1.29 is 15.0 Å². The third-order valence-corrected chi connectivity index (χ3v) is 4.03. The summed E-state index contributed by atoms with van der Waals surface area (Å²) in [5.74, 6) is -1.32. The number of carbonyl (C=O) groups is 1. The lowest BCUT2D eigenvalue weighted by molar-refractivity contribution is -0.138. The minimum Gasteiger partial charge on any atom is -0.494 e. The molecule has 0 aliphatic rings. The first-order valence-corrected chi connectivity index (χ1v) is 7.18. The number of carboxylic acids is 1. The number of carboxylic acid groups (broad SMARTS) is 1. The summed E-state index contributed by atoms with van der Waals surface area (Å²) >= 11 is 5.96. The van der Waals surface area contributed by atoms with Crippen LogP contribution in [0.25, 0.3) is 16.5 Å². The molecule has 1 heterocycles. The molecular weight excluding hydrogens is 302 g/mol. The van der Waals surface area contributed by atoms with Crippen LogP contribution in [0.3, 0.4) is 0 Å². The fourth-order valence-electron chi connectivity index (χ4n) is 2.43. The van der Waals surface area contributed by atoms with Crippen molar-refractivity contribution in [1.82, 2.24) is 4.57 Å². The predicted octanol–water partition coefficient (Wildman–Crippen LogP) is 4.18. The molecule has 0 saturated carbocycles. The van der Waals surface area contributed by atoms with Crippen LogP contribution in [-0.4, -0.2) is 20.7 Å². The van der Waals surface area contributed by atoms with Crippen LogP contribution in [0.5, 0.6) is 5.88 Å². The predicted molar refractivity (Wildman–Crippen MR) is 86.0 cm³/mol. The molecule has 0 saturated heterocycles. The highest BCUT2D eigenvalue weighted by Gasteiger charge is 2.14. The largest absolute Gasteiger partial charge is 0.494 e. The Kier molecular flexibility index (Phi) is 3.54. The van der Waals surface area contributed by atoms with Crippen LogP contribution >= 0.6 is 11.6 Å². The molecule has 0 bridgehead atoms. The SMILES string of the molecule is CC(C(=O)O)c1ccc(-n2cc3ccc(Cl)cc3c2O)cc1. The zero-order chi connectivity index (χ0) is 15.9. The molecule has 4 nitrogen and oxygen atoms in total. The van der Waals surface area contributed by atoms with Crippen molar-refractivity contribution in [2.45, 2.75) is 12.8 Å². The topological polar surface area (TPSA) is 62.5 Å². The zero-order valence-corrected chi connectivity index (χ0v) is 12.6. The lowest BCUT2D eigenvalue weighted by Crippen LogP contribution is -2.07. The second-order valence-corrected chi connectivity index (χ2v) is 5.64. The maximum absolute atomic E-state index is 11.0. The van der Waals surface area contributed by atoms with Gasteiger partial charge in [-0.05, 0) is 36.8 Å². The van der Waals surface area contributed by atoms with Gasteiger partial charge in [0.2, 0.25) is 5.88 Å². The van der Waals surface area contributed by atoms with Gasteiger partial charge < -0.3 is 10.2 Å². The van der Waals surface area contributed by atoms with Gasteiger partial charge in [-0.3, -0.25) is 9.36 Å². The third-order valence-electron chi connectivity index (χ3n) is 3.79. The molecule has 22 heavy (non-hydrogen) atoms. The van der Waals surface area contributed by atoms with Crippen LogP contribution in [0, 0.1) is 0 Å². The summed E-state index contributed by atoms with van der Waals surface area (Å²) in [4.78, 5) is 11.0. The molecule has 0 amide bonds. The van der Waals surface area contributed by atoms with Crippen molar-refractivity contribution in [3.8, 4) is 11.6 Å². The Hall–Kier alpha value is -2.46. The van der Waals surface area contributed by atoms with Gasteiger partial charge in [-0.1, -0.05) is 29.8 Å². The molecular formula is C17H14ClNO3. The van der Waals surface area contributed by atoms with Crippen LogP contribution in [-0.2, 0) is 4.79 Å². The molecule has 0 aliphatic carbocycles. The van der Waals surface area contributed by atoms with E-state index in [4.69, 9.17) is 16.7 Å². The van der Waals surface area contributed by atoms with Crippen LogP contribution in [0.4, 0.5) is 0 Å². The first kappa shape index (κ1) is 14.5. The van der Waals surface area contributed by atoms with Crippen molar-refractivity contribution in [3.05, 3.63) is 59.2 Å². The quantitative estimate of drug-likeness (QED) is 0.762. The standard InChI is InChI=1S/C17H14ClNO3/c1-10(17(21)22)11-3-6-14(7-4-11)19-9-12-2-5-13(18)8-15(12)16(19)20/h2-10,20H,1H3,(H,21,22). The Balaban J connectivity index is 2.04. The van der Waals surface area contributed by atoms with Gasteiger partial charge >= 0.3 is 5.97 Å². The first-order chi connectivity index (χ1) is 10.5. The number of rotatable bonds is 3. The number of aromatic hydroxyl groups is 1. The van der Waals surface area contributed by atoms with Crippen molar-refractivity contribution in [1.29, 1.82) is 0 Å². The number of benzene rings is 2. The van der Waals surface area contributed by atoms with Crippen molar-refractivity contribution >= 4 is 28.3 Å². The number of halogens is 1. The summed E-state index contributed by atoms with van der Waals surface area (Å²) in [5.41, 5.74) is 1.47. The minimum absolute atomic E-state index is 0.108. The van der Waals surface area contributed by atoms with E-state index in [9.17, 15) is 9.90 Å². The minimum atomic E-state index is -0.864. The summed E-state index contributed by atoms with van der Waals surface area (Å²) in [6, 6.07) is 12.4. The van der Waals surface area contributed by atoms with Gasteiger partial charge in [-0.2, -0.15) is 0 Å². The number of fused-ring (bicyclic) bond motifs is 1. The van der Waals surface area contributed by atoms with E-state index in [2.05, 4.69) is 0 Å². The van der Waals surface area contributed by atoms with Gasteiger partial charge in [0.25, 0.3) is 0 Å². The van der Waals surface area contributed by atoms with Gasteiger partial charge in [0.15, 0.2) is 0 Å². The van der Waals surface area contributed by atoms with Crippen molar-refractivity contribution in [3.63, 3.8) is 0 Å². The fourth-order valence-corrected chi connectivity index (χ4v) is 2.60. The highest BCUT2D eigenvalue weighted by atomic mass is 35.5. The van der Waals surface area contributed by atoms with Crippen LogP contribution < -0.4 is 0 Å². The molecule has 3 rings (SSSR count). The Morgan fingerprint density at radius 1 is 1.18 bits per heavy atom. The molecule has 0 fully saturated rings. The summed E-state index contributed by atoms with van der Waals surface area (Å²) in [7, 11) is 0. The first-order valence-electron chi connectivity index (χ1n) is 6.80. The monoisotopic (exact) mass is 315 g/mol. The van der Waals surface area contributed by atoms with E-state index >= 15 is 0 Å². The van der Waals surface area contributed by atoms with Crippen LogP contribution in [0.15, 0.2) is 48.7 Å². The van der Waals surface area contributed by atoms with E-state index in [1.807, 2.05) is 12.3 Å². The van der Waals surface area contributed by atoms with Gasteiger partial charge in [-0.15, -0.1) is 0 Å². The molecule has 0 aliphatic heterocycles. The second kappa shape index (κ2) is 5.39. The molecule has 112 valence electrons. The molecule has 3 aromatic rings. The Bertz CT molecular complexity index is 852. The normalized spacial score (nSPS) is 12.5. The fraction of sp³-hybridized carbons (Fsp3) is 0.118. The average molecular weight is 316 g/mol. The van der Waals surface area contributed by atoms with E-state index < -0.39 is 11.9 Å². The van der Waals surface area contributed by atoms with Crippen molar-refractivity contribution in [2.75, 3.05) is 0 Å². The van der Waals surface area contributed by atoms with Crippen molar-refractivity contribution in [2.24, 2.45) is 0 Å². The van der Waals surface area contributed by atoms with E-state index in [0.29, 0.717) is 10.4 Å². The number of nitrogens with zero attached hydrogens (tertiary/aromatic N) is 1. The van der Waals surface area contributed by atoms with Gasteiger partial charge in [0, 0.05) is 27.7 Å². The summed E-state index contributed by atoms with van der Waals surface area (Å²) < 4.78 is 1.65. The molecule has 0 spiro atoms. The zero-order valence-electron chi connectivity index (χ0n) is 11.8. The maximum Gasteiger partial charge on any atom is 0.310 e. The molecule has 2 N–H and O–H groups in total. The number of aromatic nitrogens is 1. The van der Waals surface area contributed by atoms with Crippen LogP contribution in [0.1, 0.15) is 18.4 Å². The van der Waals surface area contributed by atoms with Gasteiger partial charge in [0.05, 0.1) is 5.92 Å². The molecule has 1 unspecified atom stereocenters. The van der Waals surface area contributed by atoms with E-state index in [1.165, 1.54) is 0 Å². The summed E-state index contributed by atoms with van der Waals surface area (Å²) in [6.45, 7) is 1.64. The van der Waals surface area contributed by atoms with Gasteiger partial charge in [-0.25, -0.2) is 0 Å². The smallest absolute Gasteiger partial charge is 0.310 e. The molecule has 1 atom stereocenters. The lowest BCUT2D eigenvalue weighted by atomic mass is 10.0. The third kappa shape index (κ3) is 2.42. The Morgan fingerprint density at radius 3 is 2.50 bits per heavy atom. The van der Waals surface area contributed by atoms with E-state index in [0.717, 1.165) is 16.6 Å². The lowest BCUT2D eigenvalue weighted by Gasteiger charge is -2.09. The highest BCUT2D eigenvalue weighted by Crippen LogP contribution is 2.32. The Labute approximate surface area is 132 Å². The second-order valence-electron chi connectivity index (χ2n) is 5.21. The molecule has 2 aromatic carbocycles. The maximum atomic E-state index is 11.0. The molecule has 0 radical (unpaired) electrons. The number of hydrogen-bond acceptors (Lipinski definition) is 2. The number of hydrogen-bond donors (Lipinski definition) is 2. The molecule has 1 aromatic heterocycles.